The molecule has 0 bridgehead atoms. The first-order valence-electron chi connectivity index (χ1n) is 8.11. The van der Waals surface area contributed by atoms with E-state index in [1.165, 1.54) is 11.1 Å². The lowest BCUT2D eigenvalue weighted by molar-refractivity contribution is 0.580. The van der Waals surface area contributed by atoms with Gasteiger partial charge in [0.15, 0.2) is 0 Å². The molecular weight excluding hydrogens is 336 g/mol. The van der Waals surface area contributed by atoms with Gasteiger partial charge < -0.3 is 11.1 Å². The molecule has 132 valence electrons. The quantitative estimate of drug-likeness (QED) is 0.731. The molecule has 2 aromatic carbocycles. The number of nitrogens with one attached hydrogen (secondary N) is 1. The summed E-state index contributed by atoms with van der Waals surface area (Å²) in [4.78, 5) is 4.21. The zero-order chi connectivity index (χ0) is 18.2. The average molecular weight is 358 g/mol. The van der Waals surface area contributed by atoms with Gasteiger partial charge in [0.25, 0.3) is 0 Å². The van der Waals surface area contributed by atoms with Crippen LogP contribution in [0.1, 0.15) is 25.0 Å². The Hall–Kier alpha value is -2.54. The molecule has 0 aliphatic carbocycles. The summed E-state index contributed by atoms with van der Waals surface area (Å²) < 4.78 is 26.1. The summed E-state index contributed by atoms with van der Waals surface area (Å²) in [6.45, 7) is 5.98. The van der Waals surface area contributed by atoms with Gasteiger partial charge in [0, 0.05) is 12.2 Å². The van der Waals surface area contributed by atoms with Crippen molar-refractivity contribution in [2.24, 2.45) is 0 Å². The van der Waals surface area contributed by atoms with Gasteiger partial charge in [0.1, 0.15) is 0 Å². The van der Waals surface area contributed by atoms with E-state index >= 15 is 0 Å². The van der Waals surface area contributed by atoms with Crippen molar-refractivity contribution < 1.29 is 8.42 Å². The van der Waals surface area contributed by atoms with Crippen LogP contribution in [-0.4, -0.2) is 22.6 Å². The highest BCUT2D eigenvalue weighted by Gasteiger charge is 2.24. The Morgan fingerprint density at radius 1 is 1.20 bits per heavy atom. The van der Waals surface area contributed by atoms with Crippen LogP contribution in [0.25, 0.3) is 11.0 Å². The average Bonchev–Trinajstić information content (AvgIpc) is 2.88. The summed E-state index contributed by atoms with van der Waals surface area (Å²) >= 11 is 0. The molecule has 0 aliphatic rings. The van der Waals surface area contributed by atoms with Gasteiger partial charge >= 0.3 is 0 Å². The molecule has 0 aliphatic heterocycles. The number of hydrogen-bond acceptors (Lipinski definition) is 5. The summed E-state index contributed by atoms with van der Waals surface area (Å²) in [6, 6.07) is 13.6. The molecule has 0 saturated carbocycles. The van der Waals surface area contributed by atoms with Crippen molar-refractivity contribution in [2.75, 3.05) is 11.1 Å². The topological polar surface area (TPSA) is 90.0 Å². The first-order valence-corrected chi connectivity index (χ1v) is 9.61. The summed E-state index contributed by atoms with van der Waals surface area (Å²) in [5.74, 6) is -0.0143. The van der Waals surface area contributed by atoms with Crippen LogP contribution in [0.2, 0.25) is 0 Å². The van der Waals surface area contributed by atoms with E-state index in [1.807, 2.05) is 18.2 Å². The van der Waals surface area contributed by atoms with E-state index in [1.54, 1.807) is 19.9 Å². The molecule has 0 atom stereocenters. The molecule has 0 saturated heterocycles. The van der Waals surface area contributed by atoms with Gasteiger partial charge in [-0.25, -0.2) is 17.4 Å². The van der Waals surface area contributed by atoms with E-state index in [0.717, 1.165) is 9.66 Å². The van der Waals surface area contributed by atoms with Crippen LogP contribution >= 0.6 is 0 Å². The maximum atomic E-state index is 12.5. The molecule has 0 amide bonds. The third-order valence-corrected chi connectivity index (χ3v) is 6.15. The lowest BCUT2D eigenvalue weighted by Crippen LogP contribution is -2.23. The minimum absolute atomic E-state index is 0.0143. The molecule has 0 spiro atoms. The number of aryl methyl sites for hydroxylation is 1. The van der Waals surface area contributed by atoms with Gasteiger partial charge in [-0.3, -0.25) is 0 Å². The highest BCUT2D eigenvalue weighted by Crippen LogP contribution is 2.25. The predicted molar refractivity (Wildman–Crippen MR) is 102 cm³/mol. The number of aromatic nitrogens is 2. The van der Waals surface area contributed by atoms with Crippen molar-refractivity contribution in [3.05, 3.63) is 53.6 Å². The molecule has 3 aromatic rings. The molecule has 0 radical (unpaired) electrons. The summed E-state index contributed by atoms with van der Waals surface area (Å²) in [7, 11) is -3.55. The van der Waals surface area contributed by atoms with Crippen molar-refractivity contribution in [3.63, 3.8) is 0 Å². The molecule has 0 fully saturated rings. The fraction of sp³-hybridized carbons (Fsp3) is 0.278. The van der Waals surface area contributed by atoms with Crippen LogP contribution in [0.4, 0.5) is 11.6 Å². The van der Waals surface area contributed by atoms with Gasteiger partial charge in [-0.15, -0.1) is 0 Å². The van der Waals surface area contributed by atoms with E-state index in [-0.39, 0.29) is 5.95 Å². The lowest BCUT2D eigenvalue weighted by Gasteiger charge is -2.11. The zero-order valence-electron chi connectivity index (χ0n) is 14.5. The number of rotatable bonds is 5. The number of benzene rings is 2. The molecular formula is C18H22N4O2S. The molecule has 3 rings (SSSR count). The van der Waals surface area contributed by atoms with Crippen LogP contribution < -0.4 is 11.1 Å². The predicted octanol–water partition coefficient (Wildman–Crippen LogP) is 3.13. The number of nitrogens with zero attached hydrogens (tertiary/aromatic N) is 2. The second-order valence-corrected chi connectivity index (χ2v) is 8.71. The SMILES string of the molecule is Cc1cccc(CNc2ccc3c(c2)nc(N)n3S(=O)(=O)C(C)C)c1. The van der Waals surface area contributed by atoms with Gasteiger partial charge in [-0.05, 0) is 44.5 Å². The molecule has 7 heteroatoms. The number of imidazole rings is 1. The van der Waals surface area contributed by atoms with Crippen molar-refractivity contribution >= 4 is 32.7 Å². The van der Waals surface area contributed by atoms with E-state index in [0.29, 0.717) is 17.6 Å². The largest absolute Gasteiger partial charge is 0.381 e. The maximum Gasteiger partial charge on any atom is 0.244 e. The first kappa shape index (κ1) is 17.3. The van der Waals surface area contributed by atoms with Crippen molar-refractivity contribution in [2.45, 2.75) is 32.6 Å². The Morgan fingerprint density at radius 2 is 1.96 bits per heavy atom. The van der Waals surface area contributed by atoms with Gasteiger partial charge in [-0.2, -0.15) is 0 Å². The molecule has 3 N–H and O–H groups in total. The maximum absolute atomic E-state index is 12.5. The Morgan fingerprint density at radius 3 is 2.64 bits per heavy atom. The van der Waals surface area contributed by atoms with Crippen LogP contribution in [0.15, 0.2) is 42.5 Å². The Balaban J connectivity index is 1.91. The smallest absolute Gasteiger partial charge is 0.244 e. The third-order valence-electron chi connectivity index (χ3n) is 4.07. The third kappa shape index (κ3) is 3.32. The molecule has 1 aromatic heterocycles. The van der Waals surface area contributed by atoms with Crippen LogP contribution in [0, 0.1) is 6.92 Å². The van der Waals surface area contributed by atoms with Crippen LogP contribution in [0.5, 0.6) is 0 Å². The minimum atomic E-state index is -3.55. The molecule has 1 heterocycles. The summed E-state index contributed by atoms with van der Waals surface area (Å²) in [5, 5.41) is 2.75. The monoisotopic (exact) mass is 358 g/mol. The normalized spacial score (nSPS) is 12.0. The molecule has 25 heavy (non-hydrogen) atoms. The summed E-state index contributed by atoms with van der Waals surface area (Å²) in [5.41, 5.74) is 10.1. The Labute approximate surface area is 147 Å². The van der Waals surface area contributed by atoms with E-state index in [2.05, 4.69) is 35.4 Å². The molecule has 0 unspecified atom stereocenters. The van der Waals surface area contributed by atoms with Gasteiger partial charge in [0.2, 0.25) is 16.0 Å². The highest BCUT2D eigenvalue weighted by atomic mass is 32.2. The lowest BCUT2D eigenvalue weighted by atomic mass is 10.1. The van der Waals surface area contributed by atoms with Gasteiger partial charge in [0.05, 0.1) is 16.3 Å². The van der Waals surface area contributed by atoms with Crippen LogP contribution in [0.3, 0.4) is 0 Å². The summed E-state index contributed by atoms with van der Waals surface area (Å²) in [6.07, 6.45) is 0. The number of anilines is 2. The van der Waals surface area contributed by atoms with Gasteiger partial charge in [-0.1, -0.05) is 29.8 Å². The van der Waals surface area contributed by atoms with E-state index < -0.39 is 15.3 Å². The molecule has 6 nitrogen and oxygen atoms in total. The second-order valence-electron chi connectivity index (χ2n) is 6.37. The fourth-order valence-electron chi connectivity index (χ4n) is 2.69. The van der Waals surface area contributed by atoms with Crippen molar-refractivity contribution in [3.8, 4) is 0 Å². The fourth-order valence-corrected chi connectivity index (χ4v) is 3.84. The first-order chi connectivity index (χ1) is 11.8. The highest BCUT2D eigenvalue weighted by molar-refractivity contribution is 7.90. The second kappa shape index (κ2) is 6.40. The standard InChI is InChI=1S/C18H22N4O2S/c1-12(2)25(23,24)22-17-8-7-15(10-16(17)21-18(22)19)20-11-14-6-4-5-13(3)9-14/h4-10,12,20H,11H2,1-3H3,(H2,19,21). The Kier molecular flexibility index (Phi) is 4.43. The minimum Gasteiger partial charge on any atom is -0.381 e. The zero-order valence-corrected chi connectivity index (χ0v) is 15.3. The van der Waals surface area contributed by atoms with E-state index in [9.17, 15) is 8.42 Å². The number of nitrogens with two attached hydrogens (primary N) is 1. The van der Waals surface area contributed by atoms with Crippen molar-refractivity contribution in [1.82, 2.24) is 8.96 Å². The number of fused-ring (bicyclic) bond motifs is 1. The number of nitrogen functional groups attached to an aromatic ring is 1. The van der Waals surface area contributed by atoms with Crippen molar-refractivity contribution in [1.29, 1.82) is 0 Å². The number of hydrogen-bond donors (Lipinski definition) is 2. The van der Waals surface area contributed by atoms with E-state index in [4.69, 9.17) is 5.73 Å². The Bertz CT molecular complexity index is 1020. The van der Waals surface area contributed by atoms with Crippen LogP contribution in [-0.2, 0) is 16.6 Å².